The summed E-state index contributed by atoms with van der Waals surface area (Å²) in [4.78, 5) is 15.3. The van der Waals surface area contributed by atoms with Gasteiger partial charge >= 0.3 is 0 Å². The Kier molecular flexibility index (Phi) is 8.30. The molecule has 0 bridgehead atoms. The largest absolute Gasteiger partial charge is 0.208 e. The van der Waals surface area contributed by atoms with E-state index in [9.17, 15) is 0 Å². The molecule has 1 unspecified atom stereocenters. The summed E-state index contributed by atoms with van der Waals surface area (Å²) in [5.41, 5.74) is 18.0. The van der Waals surface area contributed by atoms with Gasteiger partial charge in [0, 0.05) is 26.8 Å². The van der Waals surface area contributed by atoms with Crippen LogP contribution in [0.3, 0.4) is 0 Å². The molecule has 0 amide bonds. The molecule has 0 N–H and O–H groups in total. The first-order chi connectivity index (χ1) is 30.3. The van der Waals surface area contributed by atoms with E-state index in [1.807, 2.05) is 18.2 Å². The van der Waals surface area contributed by atoms with E-state index in [1.165, 1.54) is 65.5 Å². The molecule has 0 aliphatic heterocycles. The molecule has 8 aromatic carbocycles. The highest BCUT2D eigenvalue weighted by atomic mass is 32.1. The van der Waals surface area contributed by atoms with Crippen molar-refractivity contribution in [2.75, 3.05) is 0 Å². The van der Waals surface area contributed by atoms with Gasteiger partial charge in [-0.15, -0.1) is 11.3 Å². The molecule has 1 spiro atoms. The lowest BCUT2D eigenvalue weighted by Gasteiger charge is -2.32. The normalized spacial score (nSPS) is 14.8. The van der Waals surface area contributed by atoms with E-state index >= 15 is 0 Å². The summed E-state index contributed by atoms with van der Waals surface area (Å²) >= 11 is 1.73. The topological polar surface area (TPSA) is 38.7 Å². The Morgan fingerprint density at radius 3 is 1.56 bits per heavy atom. The van der Waals surface area contributed by atoms with Crippen LogP contribution >= 0.6 is 11.3 Å². The molecule has 2 heterocycles. The summed E-state index contributed by atoms with van der Waals surface area (Å²) in [5, 5.41) is 4.77. The molecular formula is C57H41N3SSi. The molecule has 2 aliphatic rings. The molecule has 62 heavy (non-hydrogen) atoms. The standard InChI is InChI=1S/C57H41N3SSi/c1-62(2,3)42-27-29-46-44-21-8-10-24-50(44)57(52(46)35-42)49-23-9-7-20-43(49)45-28-26-40(34-51(45)57)38-17-11-16-37(32-38)39-18-12-19-41(33-39)55-58-54(36-14-5-4-6-15-36)59-56(60-55)48-22-13-25-53-47(48)30-31-61-53/h4-35H,1-3H3. The van der Waals surface area contributed by atoms with Crippen LogP contribution in [0.1, 0.15) is 22.3 Å². The van der Waals surface area contributed by atoms with Gasteiger partial charge < -0.3 is 0 Å². The van der Waals surface area contributed by atoms with Crippen molar-refractivity contribution in [1.29, 1.82) is 0 Å². The van der Waals surface area contributed by atoms with Crippen LogP contribution in [0.2, 0.25) is 19.6 Å². The van der Waals surface area contributed by atoms with Crippen LogP contribution in [0.15, 0.2) is 193 Å². The predicted octanol–water partition coefficient (Wildman–Crippen LogP) is 14.3. The van der Waals surface area contributed by atoms with E-state index in [-0.39, 0.29) is 0 Å². The van der Waals surface area contributed by atoms with Crippen LogP contribution in [-0.2, 0) is 5.41 Å². The van der Waals surface area contributed by atoms with Gasteiger partial charge in [-0.3, -0.25) is 0 Å². The lowest BCUT2D eigenvalue weighted by Crippen LogP contribution is -2.38. The smallest absolute Gasteiger partial charge is 0.164 e. The van der Waals surface area contributed by atoms with Crippen LogP contribution in [0.5, 0.6) is 0 Å². The Balaban J connectivity index is 0.982. The Labute approximate surface area is 367 Å². The fraction of sp³-hybridized carbons (Fsp3) is 0.0702. The third kappa shape index (κ3) is 5.66. The summed E-state index contributed by atoms with van der Waals surface area (Å²) in [5.74, 6) is 1.98. The van der Waals surface area contributed by atoms with Gasteiger partial charge in [0.1, 0.15) is 0 Å². The number of nitrogens with zero attached hydrogens (tertiary/aromatic N) is 3. The van der Waals surface area contributed by atoms with Gasteiger partial charge in [-0.25, -0.2) is 15.0 Å². The minimum absolute atomic E-state index is 0.396. The quantitative estimate of drug-likeness (QED) is 0.157. The number of fused-ring (bicyclic) bond motifs is 11. The van der Waals surface area contributed by atoms with Crippen molar-refractivity contribution in [2.24, 2.45) is 0 Å². The van der Waals surface area contributed by atoms with E-state index in [0.717, 1.165) is 33.2 Å². The predicted molar refractivity (Wildman–Crippen MR) is 262 cm³/mol. The van der Waals surface area contributed by atoms with Gasteiger partial charge in [0.2, 0.25) is 0 Å². The molecule has 294 valence electrons. The SMILES string of the molecule is C[Si](C)(C)c1ccc2c(c1)C1(c3ccccc3-c3ccc(-c4cccc(-c5cccc(-c6nc(-c7ccccc7)nc(-c7cccc8sccc78)n6)c5)c4)cc31)c1ccccc1-2. The fourth-order valence-corrected chi connectivity index (χ4v) is 12.0. The molecule has 2 aromatic heterocycles. The van der Waals surface area contributed by atoms with Crippen molar-refractivity contribution < 1.29 is 0 Å². The number of thiophene rings is 1. The molecule has 3 nitrogen and oxygen atoms in total. The second kappa shape index (κ2) is 14.0. The minimum Gasteiger partial charge on any atom is -0.208 e. The number of rotatable bonds is 6. The zero-order chi connectivity index (χ0) is 41.6. The van der Waals surface area contributed by atoms with E-state index in [4.69, 9.17) is 15.0 Å². The molecule has 12 rings (SSSR count). The first kappa shape index (κ1) is 36.8. The van der Waals surface area contributed by atoms with Gasteiger partial charge in [-0.2, -0.15) is 0 Å². The van der Waals surface area contributed by atoms with Crippen LogP contribution in [0.25, 0.3) is 88.8 Å². The van der Waals surface area contributed by atoms with Crippen molar-refractivity contribution in [3.63, 3.8) is 0 Å². The first-order valence-corrected chi connectivity index (χ1v) is 25.7. The molecule has 0 radical (unpaired) electrons. The van der Waals surface area contributed by atoms with Crippen LogP contribution in [0, 0.1) is 0 Å². The van der Waals surface area contributed by atoms with Gasteiger partial charge in [0.05, 0.1) is 13.5 Å². The van der Waals surface area contributed by atoms with Crippen molar-refractivity contribution in [3.05, 3.63) is 216 Å². The van der Waals surface area contributed by atoms with Crippen molar-refractivity contribution >= 4 is 34.7 Å². The van der Waals surface area contributed by atoms with Crippen molar-refractivity contribution in [1.82, 2.24) is 15.0 Å². The van der Waals surface area contributed by atoms with Crippen LogP contribution < -0.4 is 5.19 Å². The number of aromatic nitrogens is 3. The summed E-state index contributed by atoms with van der Waals surface area (Å²) in [6, 6.07) is 69.1. The summed E-state index contributed by atoms with van der Waals surface area (Å²) < 4.78 is 1.21. The monoisotopic (exact) mass is 827 g/mol. The van der Waals surface area contributed by atoms with E-state index in [1.54, 1.807) is 11.3 Å². The summed E-state index contributed by atoms with van der Waals surface area (Å²) in [6.45, 7) is 7.37. The maximum atomic E-state index is 5.15. The highest BCUT2D eigenvalue weighted by Gasteiger charge is 2.52. The number of benzene rings is 8. The Morgan fingerprint density at radius 1 is 0.371 bits per heavy atom. The Hall–Kier alpha value is -7.05. The van der Waals surface area contributed by atoms with Crippen LogP contribution in [-0.4, -0.2) is 23.0 Å². The molecular weight excluding hydrogens is 787 g/mol. The number of hydrogen-bond donors (Lipinski definition) is 0. The Bertz CT molecular complexity index is 3400. The molecule has 10 aromatic rings. The van der Waals surface area contributed by atoms with Gasteiger partial charge in [0.25, 0.3) is 0 Å². The zero-order valence-corrected chi connectivity index (χ0v) is 36.5. The molecule has 0 saturated carbocycles. The molecule has 1 atom stereocenters. The zero-order valence-electron chi connectivity index (χ0n) is 34.7. The van der Waals surface area contributed by atoms with Crippen molar-refractivity contribution in [3.8, 4) is 78.7 Å². The third-order valence-electron chi connectivity index (χ3n) is 13.0. The highest BCUT2D eigenvalue weighted by molar-refractivity contribution is 7.17. The highest BCUT2D eigenvalue weighted by Crippen LogP contribution is 2.63. The molecule has 2 aliphatic carbocycles. The van der Waals surface area contributed by atoms with Gasteiger partial charge in [0.15, 0.2) is 17.5 Å². The minimum atomic E-state index is -1.61. The Morgan fingerprint density at radius 2 is 0.871 bits per heavy atom. The maximum absolute atomic E-state index is 5.15. The van der Waals surface area contributed by atoms with Crippen molar-refractivity contribution in [2.45, 2.75) is 25.1 Å². The summed E-state index contributed by atoms with van der Waals surface area (Å²) in [7, 11) is -1.61. The van der Waals surface area contributed by atoms with Crippen LogP contribution in [0.4, 0.5) is 0 Å². The third-order valence-corrected chi connectivity index (χ3v) is 15.9. The lowest BCUT2D eigenvalue weighted by atomic mass is 9.70. The van der Waals surface area contributed by atoms with E-state index < -0.39 is 13.5 Å². The van der Waals surface area contributed by atoms with E-state index in [2.05, 4.69) is 195 Å². The molecule has 5 heteroatoms. The van der Waals surface area contributed by atoms with E-state index in [0.29, 0.717) is 17.5 Å². The maximum Gasteiger partial charge on any atom is 0.164 e. The fourth-order valence-electron chi connectivity index (χ4n) is 10.0. The first-order valence-electron chi connectivity index (χ1n) is 21.3. The molecule has 0 fully saturated rings. The average Bonchev–Trinajstić information content (AvgIpc) is 4.01. The number of hydrogen-bond acceptors (Lipinski definition) is 4. The lowest BCUT2D eigenvalue weighted by molar-refractivity contribution is 0.795. The second-order valence-electron chi connectivity index (χ2n) is 17.6. The molecule has 0 saturated heterocycles. The van der Waals surface area contributed by atoms with Gasteiger partial charge in [-0.1, -0.05) is 183 Å². The summed E-state index contributed by atoms with van der Waals surface area (Å²) in [6.07, 6.45) is 0. The average molecular weight is 828 g/mol. The van der Waals surface area contributed by atoms with Gasteiger partial charge in [-0.05, 0) is 102 Å². The second-order valence-corrected chi connectivity index (χ2v) is 23.6.